The van der Waals surface area contributed by atoms with Gasteiger partial charge in [0.25, 0.3) is 0 Å². The number of aromatic nitrogens is 2. The van der Waals surface area contributed by atoms with E-state index in [-0.39, 0.29) is 0 Å². The summed E-state index contributed by atoms with van der Waals surface area (Å²) in [6.07, 6.45) is 1.80. The average molecular weight is 246 g/mol. The van der Waals surface area contributed by atoms with Crippen molar-refractivity contribution in [2.75, 3.05) is 25.5 Å². The summed E-state index contributed by atoms with van der Waals surface area (Å²) in [6, 6.07) is 7.80. The molecule has 0 amide bonds. The molecule has 18 heavy (non-hydrogen) atoms. The van der Waals surface area contributed by atoms with Crippen molar-refractivity contribution in [3.63, 3.8) is 0 Å². The Balaban J connectivity index is 2.36. The zero-order chi connectivity index (χ0) is 13.0. The Bertz CT molecular complexity index is 521. The molecule has 5 heteroatoms. The monoisotopic (exact) mass is 246 g/mol. The van der Waals surface area contributed by atoms with Gasteiger partial charge < -0.3 is 15.8 Å². The van der Waals surface area contributed by atoms with Crippen LogP contribution >= 0.6 is 0 Å². The number of nitrogens with zero attached hydrogens (tertiary/aromatic N) is 2. The summed E-state index contributed by atoms with van der Waals surface area (Å²) in [4.78, 5) is 0. The smallest absolute Gasteiger partial charge is 0.144 e. The van der Waals surface area contributed by atoms with Crippen LogP contribution in [0.5, 0.6) is 5.75 Å². The summed E-state index contributed by atoms with van der Waals surface area (Å²) >= 11 is 0. The Kier molecular flexibility index (Phi) is 3.84. The highest BCUT2D eigenvalue weighted by molar-refractivity contribution is 5.53. The largest absolute Gasteiger partial charge is 0.494 e. The van der Waals surface area contributed by atoms with E-state index in [2.05, 4.69) is 10.4 Å². The highest BCUT2D eigenvalue weighted by Gasteiger charge is 2.10. The Morgan fingerprint density at radius 3 is 2.89 bits per heavy atom. The van der Waals surface area contributed by atoms with Crippen LogP contribution in [0.15, 0.2) is 30.5 Å². The van der Waals surface area contributed by atoms with Crippen LogP contribution in [0.3, 0.4) is 0 Å². The lowest BCUT2D eigenvalue weighted by Gasteiger charge is -2.10. The molecule has 0 saturated heterocycles. The normalized spacial score (nSPS) is 10.4. The van der Waals surface area contributed by atoms with E-state index < -0.39 is 0 Å². The molecular formula is C13H18N4O. The number of nitrogens with one attached hydrogen (secondary N) is 1. The lowest BCUT2D eigenvalue weighted by molar-refractivity contribution is 0.411. The van der Waals surface area contributed by atoms with E-state index in [4.69, 9.17) is 10.5 Å². The van der Waals surface area contributed by atoms with E-state index in [1.165, 1.54) is 0 Å². The van der Waals surface area contributed by atoms with Gasteiger partial charge in [-0.25, -0.2) is 4.68 Å². The van der Waals surface area contributed by atoms with Crippen LogP contribution in [-0.2, 0) is 0 Å². The van der Waals surface area contributed by atoms with Crippen molar-refractivity contribution in [3.8, 4) is 11.4 Å². The first-order chi connectivity index (χ1) is 8.77. The van der Waals surface area contributed by atoms with Gasteiger partial charge in [0.1, 0.15) is 11.4 Å². The van der Waals surface area contributed by atoms with E-state index in [1.54, 1.807) is 13.3 Å². The fourth-order valence-corrected chi connectivity index (χ4v) is 1.84. The third kappa shape index (κ3) is 2.31. The Labute approximate surface area is 107 Å². The van der Waals surface area contributed by atoms with Gasteiger partial charge in [-0.05, 0) is 19.1 Å². The highest BCUT2D eigenvalue weighted by atomic mass is 16.5. The molecule has 3 N–H and O–H groups in total. The van der Waals surface area contributed by atoms with Gasteiger partial charge in [0.2, 0.25) is 0 Å². The van der Waals surface area contributed by atoms with Gasteiger partial charge >= 0.3 is 0 Å². The van der Waals surface area contributed by atoms with E-state index in [0.717, 1.165) is 29.4 Å². The Hall–Kier alpha value is -2.01. The fourth-order valence-electron chi connectivity index (χ4n) is 1.84. The number of para-hydroxylation sites is 2. The Morgan fingerprint density at radius 2 is 2.17 bits per heavy atom. The molecule has 0 aliphatic heterocycles. The standard InChI is InChI=1S/C13H18N4O/c1-10-11(15-8-7-14)9-16-17(10)12-5-3-4-6-13(12)18-2/h3-6,9,15H,7-8,14H2,1-2H3. The second-order valence-electron chi connectivity index (χ2n) is 3.94. The summed E-state index contributed by atoms with van der Waals surface area (Å²) in [5.41, 5.74) is 8.44. The average Bonchev–Trinajstić information content (AvgIpc) is 2.77. The van der Waals surface area contributed by atoms with Gasteiger partial charge in [-0.3, -0.25) is 0 Å². The number of nitrogens with two attached hydrogens (primary N) is 1. The van der Waals surface area contributed by atoms with Gasteiger partial charge in [0.15, 0.2) is 0 Å². The van der Waals surface area contributed by atoms with Crippen molar-refractivity contribution in [2.45, 2.75) is 6.92 Å². The topological polar surface area (TPSA) is 65.1 Å². The number of rotatable bonds is 5. The molecule has 0 spiro atoms. The molecular weight excluding hydrogens is 228 g/mol. The number of hydrogen-bond acceptors (Lipinski definition) is 4. The molecule has 0 unspecified atom stereocenters. The van der Waals surface area contributed by atoms with Gasteiger partial charge in [-0.1, -0.05) is 12.1 Å². The zero-order valence-electron chi connectivity index (χ0n) is 10.7. The maximum absolute atomic E-state index is 5.48. The summed E-state index contributed by atoms with van der Waals surface area (Å²) in [7, 11) is 1.66. The third-order valence-electron chi connectivity index (χ3n) is 2.78. The van der Waals surface area contributed by atoms with Crippen molar-refractivity contribution in [1.82, 2.24) is 9.78 Å². The minimum absolute atomic E-state index is 0.597. The number of ether oxygens (including phenoxy) is 1. The third-order valence-corrected chi connectivity index (χ3v) is 2.78. The van der Waals surface area contributed by atoms with E-state index in [9.17, 15) is 0 Å². The minimum Gasteiger partial charge on any atom is -0.494 e. The maximum Gasteiger partial charge on any atom is 0.144 e. The Morgan fingerprint density at radius 1 is 1.39 bits per heavy atom. The zero-order valence-corrected chi connectivity index (χ0v) is 10.7. The molecule has 0 bridgehead atoms. The van der Waals surface area contributed by atoms with Crippen molar-refractivity contribution in [1.29, 1.82) is 0 Å². The molecule has 0 atom stereocenters. The predicted octanol–water partition coefficient (Wildman–Crippen LogP) is 1.56. The van der Waals surface area contributed by atoms with Gasteiger partial charge in [0, 0.05) is 13.1 Å². The lowest BCUT2D eigenvalue weighted by atomic mass is 10.3. The van der Waals surface area contributed by atoms with Gasteiger partial charge in [-0.2, -0.15) is 5.10 Å². The molecule has 0 aliphatic rings. The SMILES string of the molecule is COc1ccccc1-n1ncc(NCCN)c1C. The molecule has 2 rings (SSSR count). The first-order valence-electron chi connectivity index (χ1n) is 5.90. The molecule has 1 aromatic carbocycles. The maximum atomic E-state index is 5.48. The number of methoxy groups -OCH3 is 1. The second kappa shape index (κ2) is 5.55. The van der Waals surface area contributed by atoms with Gasteiger partial charge in [0.05, 0.1) is 24.7 Å². The summed E-state index contributed by atoms with van der Waals surface area (Å²) in [5, 5.41) is 7.62. The van der Waals surface area contributed by atoms with Crippen LogP contribution in [0, 0.1) is 6.92 Å². The van der Waals surface area contributed by atoms with Crippen LogP contribution in [0.4, 0.5) is 5.69 Å². The quantitative estimate of drug-likeness (QED) is 0.840. The summed E-state index contributed by atoms with van der Waals surface area (Å²) in [5.74, 6) is 0.800. The molecule has 1 aromatic heterocycles. The van der Waals surface area contributed by atoms with E-state index in [1.807, 2.05) is 35.9 Å². The molecule has 0 radical (unpaired) electrons. The van der Waals surface area contributed by atoms with Crippen LogP contribution < -0.4 is 15.8 Å². The van der Waals surface area contributed by atoms with Crippen molar-refractivity contribution in [2.24, 2.45) is 5.73 Å². The van der Waals surface area contributed by atoms with Crippen LogP contribution in [0.25, 0.3) is 5.69 Å². The van der Waals surface area contributed by atoms with Crippen LogP contribution in [-0.4, -0.2) is 30.0 Å². The first kappa shape index (κ1) is 12.4. The minimum atomic E-state index is 0.597. The number of anilines is 1. The molecule has 0 aliphatic carbocycles. The number of hydrogen-bond donors (Lipinski definition) is 2. The fraction of sp³-hybridized carbons (Fsp3) is 0.308. The van der Waals surface area contributed by atoms with Crippen molar-refractivity contribution < 1.29 is 4.74 Å². The van der Waals surface area contributed by atoms with Crippen molar-refractivity contribution >= 4 is 5.69 Å². The molecule has 2 aromatic rings. The second-order valence-corrected chi connectivity index (χ2v) is 3.94. The molecule has 0 saturated carbocycles. The van der Waals surface area contributed by atoms with Crippen LogP contribution in [0.2, 0.25) is 0 Å². The molecule has 0 fully saturated rings. The molecule has 1 heterocycles. The predicted molar refractivity (Wildman–Crippen MR) is 72.4 cm³/mol. The summed E-state index contributed by atoms with van der Waals surface area (Å²) < 4.78 is 7.20. The van der Waals surface area contributed by atoms with Gasteiger partial charge in [-0.15, -0.1) is 0 Å². The highest BCUT2D eigenvalue weighted by Crippen LogP contribution is 2.25. The van der Waals surface area contributed by atoms with Crippen molar-refractivity contribution in [3.05, 3.63) is 36.2 Å². The molecule has 5 nitrogen and oxygen atoms in total. The van der Waals surface area contributed by atoms with E-state index in [0.29, 0.717) is 6.54 Å². The first-order valence-corrected chi connectivity index (χ1v) is 5.90. The summed E-state index contributed by atoms with van der Waals surface area (Å²) in [6.45, 7) is 3.34. The van der Waals surface area contributed by atoms with Crippen LogP contribution in [0.1, 0.15) is 5.69 Å². The molecule has 96 valence electrons. The lowest BCUT2D eigenvalue weighted by Crippen LogP contribution is -2.13. The van der Waals surface area contributed by atoms with E-state index >= 15 is 0 Å². The number of benzene rings is 1.